The Labute approximate surface area is 151 Å². The molecule has 3 rings (SSSR count). The van der Waals surface area contributed by atoms with Gasteiger partial charge in [-0.2, -0.15) is 5.10 Å². The first-order valence-electron chi connectivity index (χ1n) is 8.35. The van der Waals surface area contributed by atoms with Gasteiger partial charge in [-0.25, -0.2) is 5.43 Å². The van der Waals surface area contributed by atoms with Crippen LogP contribution in [0.2, 0.25) is 0 Å². The summed E-state index contributed by atoms with van der Waals surface area (Å²) in [6, 6.07) is 14.5. The van der Waals surface area contributed by atoms with Gasteiger partial charge < -0.3 is 10.3 Å². The van der Waals surface area contributed by atoms with E-state index >= 15 is 0 Å². The smallest absolute Gasteiger partial charge is 0.271 e. The Kier molecular flexibility index (Phi) is 5.12. The maximum Gasteiger partial charge on any atom is 0.271 e. The van der Waals surface area contributed by atoms with E-state index in [9.17, 15) is 9.59 Å². The number of carbonyl (C=O) groups excluding carboxylic acids is 2. The molecule has 0 bridgehead atoms. The highest BCUT2D eigenvalue weighted by atomic mass is 16.2. The molecular formula is C20H20N4O2. The summed E-state index contributed by atoms with van der Waals surface area (Å²) in [4.78, 5) is 27.0. The SMILES string of the molecule is CC(C)C(=O)Nc1ccc(C(=O)N/N=C/c2c[nH]c3ccccc23)cc1. The number of rotatable bonds is 5. The Hall–Kier alpha value is -3.41. The molecule has 1 aromatic heterocycles. The maximum absolute atomic E-state index is 12.2. The monoisotopic (exact) mass is 348 g/mol. The van der Waals surface area contributed by atoms with Crippen LogP contribution >= 0.6 is 0 Å². The molecule has 132 valence electrons. The van der Waals surface area contributed by atoms with Crippen LogP contribution in [0.5, 0.6) is 0 Å². The van der Waals surface area contributed by atoms with E-state index in [2.05, 4.69) is 20.8 Å². The number of hydrogen-bond donors (Lipinski definition) is 3. The number of aromatic nitrogens is 1. The molecule has 0 saturated carbocycles. The summed E-state index contributed by atoms with van der Waals surface area (Å²) in [5.74, 6) is -0.481. The van der Waals surface area contributed by atoms with Crippen LogP contribution in [0.3, 0.4) is 0 Å². The average Bonchev–Trinajstić information content (AvgIpc) is 3.05. The lowest BCUT2D eigenvalue weighted by atomic mass is 10.1. The molecule has 0 radical (unpaired) electrons. The Morgan fingerprint density at radius 3 is 2.54 bits per heavy atom. The molecule has 0 fully saturated rings. The van der Waals surface area contributed by atoms with Crippen LogP contribution in [0, 0.1) is 5.92 Å². The van der Waals surface area contributed by atoms with Crippen molar-refractivity contribution in [1.82, 2.24) is 10.4 Å². The molecule has 0 aliphatic rings. The number of benzene rings is 2. The summed E-state index contributed by atoms with van der Waals surface area (Å²) in [6.07, 6.45) is 3.44. The molecule has 0 aliphatic heterocycles. The van der Waals surface area contributed by atoms with Gasteiger partial charge in [0.05, 0.1) is 6.21 Å². The number of hydrazone groups is 1. The number of para-hydroxylation sites is 1. The van der Waals surface area contributed by atoms with Gasteiger partial charge in [0, 0.05) is 39.8 Å². The molecule has 0 atom stereocenters. The maximum atomic E-state index is 12.2. The van der Waals surface area contributed by atoms with Crippen molar-refractivity contribution >= 4 is 34.6 Å². The third-order valence-electron chi connectivity index (χ3n) is 3.93. The van der Waals surface area contributed by atoms with Crippen molar-refractivity contribution in [2.45, 2.75) is 13.8 Å². The van der Waals surface area contributed by atoms with Crippen LogP contribution in [-0.4, -0.2) is 23.0 Å². The second-order valence-electron chi connectivity index (χ2n) is 6.21. The molecular weight excluding hydrogens is 328 g/mol. The van der Waals surface area contributed by atoms with Crippen molar-refractivity contribution in [2.75, 3.05) is 5.32 Å². The highest BCUT2D eigenvalue weighted by molar-refractivity contribution is 6.00. The topological polar surface area (TPSA) is 86.3 Å². The van der Waals surface area contributed by atoms with E-state index in [0.29, 0.717) is 11.3 Å². The normalized spacial score (nSPS) is 11.2. The number of hydrogen-bond acceptors (Lipinski definition) is 3. The summed E-state index contributed by atoms with van der Waals surface area (Å²) in [7, 11) is 0. The Morgan fingerprint density at radius 2 is 1.81 bits per heavy atom. The molecule has 1 heterocycles. The minimum absolute atomic E-state index is 0.0643. The van der Waals surface area contributed by atoms with Crippen LogP contribution in [0.15, 0.2) is 59.8 Å². The minimum atomic E-state index is -0.317. The lowest BCUT2D eigenvalue weighted by Gasteiger charge is -2.08. The van der Waals surface area contributed by atoms with E-state index in [1.807, 2.05) is 44.3 Å². The molecule has 6 heteroatoms. The third kappa shape index (κ3) is 3.97. The molecule has 0 aliphatic carbocycles. The van der Waals surface area contributed by atoms with Gasteiger partial charge in [-0.15, -0.1) is 0 Å². The fourth-order valence-corrected chi connectivity index (χ4v) is 2.42. The van der Waals surface area contributed by atoms with Gasteiger partial charge >= 0.3 is 0 Å². The Balaban J connectivity index is 1.62. The number of nitrogens with one attached hydrogen (secondary N) is 3. The van der Waals surface area contributed by atoms with Gasteiger partial charge in [-0.1, -0.05) is 32.0 Å². The van der Waals surface area contributed by atoms with E-state index in [-0.39, 0.29) is 17.7 Å². The molecule has 3 aromatic rings. The van der Waals surface area contributed by atoms with E-state index in [1.165, 1.54) is 0 Å². The van der Waals surface area contributed by atoms with Crippen molar-refractivity contribution < 1.29 is 9.59 Å². The lowest BCUT2D eigenvalue weighted by molar-refractivity contribution is -0.118. The molecule has 0 saturated heterocycles. The molecule has 2 aromatic carbocycles. The van der Waals surface area contributed by atoms with Crippen LogP contribution in [0.25, 0.3) is 10.9 Å². The van der Waals surface area contributed by atoms with Gasteiger partial charge in [0.1, 0.15) is 0 Å². The summed E-state index contributed by atoms with van der Waals surface area (Å²) in [6.45, 7) is 3.64. The van der Waals surface area contributed by atoms with Crippen LogP contribution < -0.4 is 10.7 Å². The number of amides is 2. The van der Waals surface area contributed by atoms with Crippen molar-refractivity contribution in [2.24, 2.45) is 11.0 Å². The zero-order valence-electron chi connectivity index (χ0n) is 14.6. The summed E-state index contributed by atoms with van der Waals surface area (Å²) >= 11 is 0. The first-order valence-corrected chi connectivity index (χ1v) is 8.35. The highest BCUT2D eigenvalue weighted by Gasteiger charge is 2.08. The number of aromatic amines is 1. The van der Waals surface area contributed by atoms with E-state index in [0.717, 1.165) is 16.5 Å². The fourth-order valence-electron chi connectivity index (χ4n) is 2.42. The van der Waals surface area contributed by atoms with Gasteiger partial charge in [-0.3, -0.25) is 9.59 Å². The van der Waals surface area contributed by atoms with Gasteiger partial charge in [0.25, 0.3) is 5.91 Å². The van der Waals surface area contributed by atoms with Crippen molar-refractivity contribution in [1.29, 1.82) is 0 Å². The number of H-pyrrole nitrogens is 1. The molecule has 26 heavy (non-hydrogen) atoms. The number of anilines is 1. The minimum Gasteiger partial charge on any atom is -0.361 e. The predicted molar refractivity (Wildman–Crippen MR) is 103 cm³/mol. The quantitative estimate of drug-likeness (QED) is 0.487. The van der Waals surface area contributed by atoms with Gasteiger partial charge in [0.15, 0.2) is 0 Å². The second-order valence-corrected chi connectivity index (χ2v) is 6.21. The Bertz CT molecular complexity index is 955. The average molecular weight is 348 g/mol. The molecule has 3 N–H and O–H groups in total. The molecule has 0 unspecified atom stereocenters. The first kappa shape index (κ1) is 17.4. The largest absolute Gasteiger partial charge is 0.361 e. The number of nitrogens with zero attached hydrogens (tertiary/aromatic N) is 1. The van der Waals surface area contributed by atoms with Crippen molar-refractivity contribution in [3.63, 3.8) is 0 Å². The highest BCUT2D eigenvalue weighted by Crippen LogP contribution is 2.15. The third-order valence-corrected chi connectivity index (χ3v) is 3.93. The predicted octanol–water partition coefficient (Wildman–Crippen LogP) is 3.53. The fraction of sp³-hybridized carbons (Fsp3) is 0.150. The second kappa shape index (κ2) is 7.65. The zero-order chi connectivity index (χ0) is 18.5. The van der Waals surface area contributed by atoms with Crippen LogP contribution in [-0.2, 0) is 4.79 Å². The number of fused-ring (bicyclic) bond motifs is 1. The molecule has 2 amide bonds. The van der Waals surface area contributed by atoms with E-state index in [1.54, 1.807) is 30.5 Å². The van der Waals surface area contributed by atoms with E-state index < -0.39 is 0 Å². The summed E-state index contributed by atoms with van der Waals surface area (Å²) < 4.78 is 0. The molecule has 6 nitrogen and oxygen atoms in total. The van der Waals surface area contributed by atoms with Crippen molar-refractivity contribution in [3.05, 3.63) is 65.9 Å². The van der Waals surface area contributed by atoms with Gasteiger partial charge in [0.2, 0.25) is 5.91 Å². The van der Waals surface area contributed by atoms with Crippen molar-refractivity contribution in [3.8, 4) is 0 Å². The Morgan fingerprint density at radius 1 is 1.08 bits per heavy atom. The summed E-state index contributed by atoms with van der Waals surface area (Å²) in [5.41, 5.74) is 5.54. The first-order chi connectivity index (χ1) is 12.5. The van der Waals surface area contributed by atoms with Gasteiger partial charge in [-0.05, 0) is 30.3 Å². The van der Waals surface area contributed by atoms with Crippen LogP contribution in [0.4, 0.5) is 5.69 Å². The molecule has 0 spiro atoms. The van der Waals surface area contributed by atoms with E-state index in [4.69, 9.17) is 0 Å². The number of carbonyl (C=O) groups is 2. The summed E-state index contributed by atoms with van der Waals surface area (Å²) in [5, 5.41) is 7.84. The van der Waals surface area contributed by atoms with Crippen LogP contribution in [0.1, 0.15) is 29.8 Å². The zero-order valence-corrected chi connectivity index (χ0v) is 14.6. The lowest BCUT2D eigenvalue weighted by Crippen LogP contribution is -2.19. The standard InChI is InChI=1S/C20H20N4O2/c1-13(2)19(25)23-16-9-7-14(8-10-16)20(26)24-22-12-15-11-21-18-6-4-3-5-17(15)18/h3-13,21H,1-2H3,(H,23,25)(H,24,26)/b22-12+.